The Balaban J connectivity index is 1.37. The average molecular weight is 441 g/mol. The van der Waals surface area contributed by atoms with Gasteiger partial charge in [0, 0.05) is 19.2 Å². The summed E-state index contributed by atoms with van der Waals surface area (Å²) in [6, 6.07) is 20.7. The molecule has 33 heavy (non-hydrogen) atoms. The third kappa shape index (κ3) is 4.42. The molecule has 0 spiro atoms. The van der Waals surface area contributed by atoms with Crippen LogP contribution in [0.25, 0.3) is 22.2 Å². The fourth-order valence-corrected chi connectivity index (χ4v) is 4.45. The van der Waals surface area contributed by atoms with Gasteiger partial charge >= 0.3 is 6.03 Å². The van der Waals surface area contributed by atoms with Crippen LogP contribution in [0.4, 0.5) is 4.79 Å². The molecule has 1 aliphatic heterocycles. The summed E-state index contributed by atoms with van der Waals surface area (Å²) in [5.74, 6) is 1.75. The molecule has 6 nitrogen and oxygen atoms in total. The second kappa shape index (κ2) is 8.62. The van der Waals surface area contributed by atoms with Gasteiger partial charge in [0.2, 0.25) is 0 Å². The number of ether oxygens (including phenoxy) is 1. The minimum Gasteiger partial charge on any atom is -0.491 e. The van der Waals surface area contributed by atoms with E-state index in [9.17, 15) is 4.79 Å². The lowest BCUT2D eigenvalue weighted by molar-refractivity contribution is 0.153. The Hall–Kier alpha value is -3.80. The highest BCUT2D eigenvalue weighted by Gasteiger charge is 2.23. The number of benzene rings is 3. The topological polar surface area (TPSA) is 61.5 Å². The van der Waals surface area contributed by atoms with Crippen molar-refractivity contribution in [2.75, 3.05) is 20.2 Å². The highest BCUT2D eigenvalue weighted by Crippen LogP contribution is 2.31. The first-order valence-corrected chi connectivity index (χ1v) is 11.2. The minimum absolute atomic E-state index is 0.00714. The molecule has 0 radical (unpaired) electrons. The van der Waals surface area contributed by atoms with Crippen molar-refractivity contribution in [1.82, 2.24) is 19.8 Å². The zero-order chi connectivity index (χ0) is 22.9. The van der Waals surface area contributed by atoms with Crippen LogP contribution in [-0.2, 0) is 13.1 Å². The van der Waals surface area contributed by atoms with Gasteiger partial charge < -0.3 is 19.5 Å². The molecule has 1 aliphatic rings. The van der Waals surface area contributed by atoms with E-state index < -0.39 is 0 Å². The Labute approximate surface area is 193 Å². The summed E-state index contributed by atoms with van der Waals surface area (Å²) in [5.41, 5.74) is 7.52. The van der Waals surface area contributed by atoms with Crippen LogP contribution in [0.15, 0.2) is 60.7 Å². The number of nitrogens with zero attached hydrogens (tertiary/aromatic N) is 3. The van der Waals surface area contributed by atoms with Crippen LogP contribution < -0.4 is 4.74 Å². The quantitative estimate of drug-likeness (QED) is 0.471. The summed E-state index contributed by atoms with van der Waals surface area (Å²) >= 11 is 0. The lowest BCUT2D eigenvalue weighted by Crippen LogP contribution is -2.41. The molecule has 2 heterocycles. The maximum atomic E-state index is 13.2. The molecule has 0 aliphatic carbocycles. The lowest BCUT2D eigenvalue weighted by Gasteiger charge is -2.27. The maximum absolute atomic E-state index is 13.2. The number of aromatic nitrogens is 2. The van der Waals surface area contributed by atoms with Gasteiger partial charge in [0.1, 0.15) is 18.2 Å². The zero-order valence-corrected chi connectivity index (χ0v) is 19.3. The Kier molecular flexibility index (Phi) is 5.50. The Morgan fingerprint density at radius 2 is 1.91 bits per heavy atom. The number of aryl methyl sites for hydroxylation is 2. The molecule has 168 valence electrons. The average Bonchev–Trinajstić information content (AvgIpc) is 3.04. The van der Waals surface area contributed by atoms with E-state index in [1.807, 2.05) is 37.1 Å². The van der Waals surface area contributed by atoms with Crippen molar-refractivity contribution in [2.24, 2.45) is 0 Å². The highest BCUT2D eigenvalue weighted by molar-refractivity contribution is 5.82. The molecule has 2 amide bonds. The van der Waals surface area contributed by atoms with Crippen molar-refractivity contribution in [3.05, 3.63) is 83.2 Å². The van der Waals surface area contributed by atoms with E-state index in [1.165, 1.54) is 5.56 Å². The van der Waals surface area contributed by atoms with Crippen LogP contribution in [0.3, 0.4) is 0 Å². The van der Waals surface area contributed by atoms with Gasteiger partial charge in [-0.25, -0.2) is 9.78 Å². The molecule has 1 aromatic heterocycles. The molecule has 0 fully saturated rings. The number of carbonyl (C=O) groups excluding carboxylic acids is 1. The van der Waals surface area contributed by atoms with Gasteiger partial charge in [0.25, 0.3) is 0 Å². The second-order valence-corrected chi connectivity index (χ2v) is 8.77. The van der Waals surface area contributed by atoms with Crippen LogP contribution in [0.2, 0.25) is 0 Å². The predicted octanol–water partition coefficient (Wildman–Crippen LogP) is 5.29. The first-order chi connectivity index (χ1) is 16.0. The summed E-state index contributed by atoms with van der Waals surface area (Å²) in [6.45, 7) is 6.16. The molecular formula is C27H28N4O2. The van der Waals surface area contributed by atoms with E-state index in [0.29, 0.717) is 26.2 Å². The van der Waals surface area contributed by atoms with Crippen molar-refractivity contribution >= 4 is 17.1 Å². The molecule has 0 saturated heterocycles. The largest absolute Gasteiger partial charge is 0.491 e. The number of carbonyl (C=O) groups is 1. The summed E-state index contributed by atoms with van der Waals surface area (Å²) in [6.07, 6.45) is 0. The minimum atomic E-state index is 0.00714. The number of imidazole rings is 1. The van der Waals surface area contributed by atoms with Crippen molar-refractivity contribution in [1.29, 1.82) is 0 Å². The normalized spacial score (nSPS) is 13.4. The number of rotatable bonds is 3. The van der Waals surface area contributed by atoms with Crippen LogP contribution in [0.1, 0.15) is 22.5 Å². The van der Waals surface area contributed by atoms with Crippen LogP contribution in [0, 0.1) is 13.8 Å². The number of fused-ring (bicyclic) bond motifs is 2. The number of hydrogen-bond donors (Lipinski definition) is 1. The van der Waals surface area contributed by atoms with Crippen molar-refractivity contribution in [3.63, 3.8) is 0 Å². The molecule has 6 heteroatoms. The molecular weight excluding hydrogens is 412 g/mol. The van der Waals surface area contributed by atoms with E-state index in [1.54, 1.807) is 4.90 Å². The Bertz CT molecular complexity index is 1330. The van der Waals surface area contributed by atoms with Crippen molar-refractivity contribution in [2.45, 2.75) is 26.9 Å². The van der Waals surface area contributed by atoms with Gasteiger partial charge in [-0.15, -0.1) is 0 Å². The van der Waals surface area contributed by atoms with Gasteiger partial charge in [-0.3, -0.25) is 0 Å². The maximum Gasteiger partial charge on any atom is 0.320 e. The third-order valence-corrected chi connectivity index (χ3v) is 6.07. The number of H-pyrrole nitrogens is 1. The molecule has 5 rings (SSSR count). The summed E-state index contributed by atoms with van der Waals surface area (Å²) in [4.78, 5) is 24.7. The zero-order valence-electron chi connectivity index (χ0n) is 19.3. The van der Waals surface area contributed by atoms with Gasteiger partial charge in [0.15, 0.2) is 0 Å². The summed E-state index contributed by atoms with van der Waals surface area (Å²) < 4.78 is 5.98. The Morgan fingerprint density at radius 1 is 1.09 bits per heavy atom. The SMILES string of the molecule is Cc1cccc(CN(C)C(=O)N2CCOc3ccc(-c4ccc5nc(C)[nH]c5c4)cc3C2)c1. The first kappa shape index (κ1) is 21.1. The molecule has 1 N–H and O–H groups in total. The predicted molar refractivity (Wildman–Crippen MR) is 130 cm³/mol. The smallest absolute Gasteiger partial charge is 0.320 e. The van der Waals surface area contributed by atoms with Gasteiger partial charge in [-0.05, 0) is 54.8 Å². The Morgan fingerprint density at radius 3 is 2.76 bits per heavy atom. The van der Waals surface area contributed by atoms with E-state index in [2.05, 4.69) is 59.4 Å². The molecule has 0 saturated carbocycles. The number of hydrogen-bond acceptors (Lipinski definition) is 3. The lowest BCUT2D eigenvalue weighted by atomic mass is 10.0. The standard InChI is InChI=1S/C27H28N4O2/c1-18-5-4-6-20(13-18)16-30(3)27(32)31-11-12-33-26-10-8-21(14-23(26)17-31)22-7-9-24-25(15-22)29-19(2)28-24/h4-10,13-15H,11-12,16-17H2,1-3H3,(H,28,29). The highest BCUT2D eigenvalue weighted by atomic mass is 16.5. The first-order valence-electron chi connectivity index (χ1n) is 11.2. The molecule has 0 atom stereocenters. The van der Waals surface area contributed by atoms with E-state index in [0.717, 1.165) is 44.9 Å². The van der Waals surface area contributed by atoms with Crippen LogP contribution in [-0.4, -0.2) is 46.0 Å². The van der Waals surface area contributed by atoms with E-state index in [-0.39, 0.29) is 6.03 Å². The van der Waals surface area contributed by atoms with Gasteiger partial charge in [0.05, 0.1) is 24.1 Å². The van der Waals surface area contributed by atoms with E-state index >= 15 is 0 Å². The van der Waals surface area contributed by atoms with Gasteiger partial charge in [-0.2, -0.15) is 0 Å². The number of nitrogens with one attached hydrogen (secondary N) is 1. The molecule has 3 aromatic carbocycles. The third-order valence-electron chi connectivity index (χ3n) is 6.07. The van der Waals surface area contributed by atoms with Crippen molar-refractivity contribution in [3.8, 4) is 16.9 Å². The number of aromatic amines is 1. The van der Waals surface area contributed by atoms with Crippen molar-refractivity contribution < 1.29 is 9.53 Å². The fraction of sp³-hybridized carbons (Fsp3) is 0.259. The van der Waals surface area contributed by atoms with Crippen LogP contribution in [0.5, 0.6) is 5.75 Å². The number of amides is 2. The molecule has 4 aromatic rings. The van der Waals surface area contributed by atoms with E-state index in [4.69, 9.17) is 4.74 Å². The summed E-state index contributed by atoms with van der Waals surface area (Å²) in [7, 11) is 1.86. The molecule has 0 bridgehead atoms. The molecule has 0 unspecified atom stereocenters. The summed E-state index contributed by atoms with van der Waals surface area (Å²) in [5, 5.41) is 0. The fourth-order valence-electron chi connectivity index (χ4n) is 4.45. The second-order valence-electron chi connectivity index (χ2n) is 8.77. The van der Waals surface area contributed by atoms with Gasteiger partial charge in [-0.1, -0.05) is 42.0 Å². The number of urea groups is 1. The monoisotopic (exact) mass is 440 g/mol. The van der Waals surface area contributed by atoms with Crippen LogP contribution >= 0.6 is 0 Å².